The number of likely N-dealkylation sites (N-methyl/N-ethyl adjacent to an activating group) is 3. The molecule has 6 saturated heterocycles. The van der Waals surface area contributed by atoms with Gasteiger partial charge in [0.25, 0.3) is 0 Å². The average molecular weight is 1700 g/mol. The topological polar surface area (TPSA) is 261 Å². The second-order valence-electron chi connectivity index (χ2n) is 33.8. The molecule has 0 spiro atoms. The predicted molar refractivity (Wildman–Crippen MR) is 489 cm³/mol. The molecule has 9 aromatic rings. The summed E-state index contributed by atoms with van der Waals surface area (Å²) in [5.74, 6) is 2.86. The van der Waals surface area contributed by atoms with E-state index in [-0.39, 0.29) is 42.9 Å². The molecular weight excluding hydrogens is 1590 g/mol. The van der Waals surface area contributed by atoms with Crippen LogP contribution in [-0.2, 0) is 53.3 Å². The molecule has 6 fully saturated rings. The predicted octanol–water partition coefficient (Wildman–Crippen LogP) is 10.8. The lowest BCUT2D eigenvalue weighted by Crippen LogP contribution is -2.56. The number of carbonyl (C=O) groups is 3. The third-order valence-corrected chi connectivity index (χ3v) is 26.5. The quantitative estimate of drug-likeness (QED) is 0.0478. The zero-order valence-corrected chi connectivity index (χ0v) is 72.6. The van der Waals surface area contributed by atoms with Crippen LogP contribution in [0.15, 0.2) is 153 Å². The van der Waals surface area contributed by atoms with E-state index in [9.17, 15) is 24.9 Å². The van der Waals surface area contributed by atoms with Gasteiger partial charge < -0.3 is 87.4 Å². The monoisotopic (exact) mass is 1690 g/mol. The Balaban J connectivity index is 0.000000139. The molecular formula is C97H110N22O7. The summed E-state index contributed by atoms with van der Waals surface area (Å²) in [5.41, 5.74) is 10.0. The van der Waals surface area contributed by atoms with Gasteiger partial charge in [-0.15, -0.1) is 0 Å². The summed E-state index contributed by atoms with van der Waals surface area (Å²) in [7, 11) is 8.10. The molecule has 3 amide bonds. The first-order chi connectivity index (χ1) is 61.5. The van der Waals surface area contributed by atoms with Gasteiger partial charge in [0.15, 0.2) is 0 Å². The number of ether oxygens (including phenoxy) is 4. The molecule has 18 rings (SSSR count). The van der Waals surface area contributed by atoms with Crippen LogP contribution in [0.1, 0.15) is 77.9 Å². The summed E-state index contributed by atoms with van der Waals surface area (Å²) >= 11 is 0. The lowest BCUT2D eigenvalue weighted by molar-refractivity contribution is -0.129. The van der Waals surface area contributed by atoms with E-state index in [1.807, 2.05) is 47.4 Å². The number of rotatable bonds is 21. The van der Waals surface area contributed by atoms with Crippen LogP contribution in [-0.4, -0.2) is 273 Å². The van der Waals surface area contributed by atoms with Crippen molar-refractivity contribution in [2.75, 3.05) is 189 Å². The van der Waals surface area contributed by atoms with Crippen LogP contribution in [0.2, 0.25) is 0 Å². The van der Waals surface area contributed by atoms with Crippen molar-refractivity contribution in [2.45, 2.75) is 114 Å². The van der Waals surface area contributed by atoms with Crippen LogP contribution in [0, 0.1) is 35.8 Å². The van der Waals surface area contributed by atoms with Crippen molar-refractivity contribution in [1.29, 1.82) is 10.5 Å². The fraction of sp³-hybridized carbons (Fsp3) is 0.433. The molecule has 3 aromatic heterocycles. The van der Waals surface area contributed by atoms with Crippen molar-refractivity contribution in [3.63, 3.8) is 0 Å². The number of fused-ring (bicyclic) bond motifs is 6. The lowest BCUT2D eigenvalue weighted by atomic mass is 9.99. The molecule has 9 aliphatic rings. The highest BCUT2D eigenvalue weighted by Gasteiger charge is 2.40. The smallest absolute Gasteiger partial charge is 0.318 e. The molecule has 0 N–H and O–H groups in total. The molecule has 12 heterocycles. The second-order valence-corrected chi connectivity index (χ2v) is 33.8. The largest absolute Gasteiger partial charge is 0.496 e. The second kappa shape index (κ2) is 39.3. The number of piperazine rings is 3. The molecule has 0 aliphatic carbocycles. The SMILES string of the molecule is C=CC(=O)N1CCN(c2nc(OC[C@@H]3CCCN3C)nc3c2CCN(c2cccc4ccccc24)C3)[C@@H](C#N)C1.[C-]#[N+]C[C@H]1CN(c2nc(OC[C@@H]3CCCN3C)nc3c2CCN(c2cccc4cccc(C#N)c24)C3)CCN1C(=O)C=C.[C-]#[N+]C[C@H]1CN(c2nc(OC[C@@H]3CCCN3C)nc3c2CCN(c2cccc4cccc(OC)c24)C3)CCN1C(=O)C=C. The molecule has 9 aliphatic heterocycles. The minimum absolute atomic E-state index is 0.135. The molecule has 0 saturated carbocycles. The number of methoxy groups -OCH3 is 1. The number of hydrogen-bond acceptors (Lipinski definition) is 24. The minimum Gasteiger partial charge on any atom is -0.496 e. The zero-order chi connectivity index (χ0) is 87.5. The third kappa shape index (κ3) is 18.5. The Bertz CT molecular complexity index is 5730. The number of nitrogens with zero attached hydrogens (tertiary/aromatic N) is 22. The van der Waals surface area contributed by atoms with E-state index in [0.29, 0.717) is 140 Å². The maximum absolute atomic E-state index is 12.6. The maximum Gasteiger partial charge on any atom is 0.318 e. The number of benzene rings is 6. The standard InChI is InChI=1S/C33H36N8O2.C33H39N7O3.C31H35N7O2/c1-4-30(42)41-17-16-40(20-26(41)19-35-2)32-27-13-15-39(29-12-6-9-23-8-5-10-24(18-34)31(23)29)21-28(27)36-33(37-32)43-22-25-11-7-14-38(25)3;1-5-30(41)40-18-17-39(20-25(40)19-34-2)32-26-14-16-38(28-12-6-9-23-10-7-13-29(42-4)31(23)28)21-27(26)35-33(36-32)43-22-24-11-8-15-37(24)3;1-3-29(39)37-16-17-38(24(18-32)19-37)30-26-13-15-36(28-12-6-9-22-8-4-5-11-25(22)28)20-27(26)33-31(34-30)40-21-23-10-7-14-35(23)2/h4-6,8-10,12,25-26H,1,7,11,13-17,19-22H2,3H3;5-7,9-10,12-13,24-25H,1,8,11,14-22H2,3-4H3;3-6,8-9,11-12,23-24H,1,7,10,13-17,19-21H2,2H3/t25-,26-;24-,25-;23-,24-/m000/s1. The summed E-state index contributed by atoms with van der Waals surface area (Å²) in [6, 6.07) is 45.2. The summed E-state index contributed by atoms with van der Waals surface area (Å²) < 4.78 is 24.6. The third-order valence-electron chi connectivity index (χ3n) is 26.5. The Hall–Kier alpha value is -13.2. The van der Waals surface area contributed by atoms with Crippen molar-refractivity contribution in [3.8, 4) is 35.9 Å². The fourth-order valence-corrected chi connectivity index (χ4v) is 19.6. The molecule has 6 atom stereocenters. The van der Waals surface area contributed by atoms with Gasteiger partial charge >= 0.3 is 18.0 Å². The lowest BCUT2D eigenvalue weighted by Gasteiger charge is -2.41. The maximum atomic E-state index is 12.6. The van der Waals surface area contributed by atoms with Gasteiger partial charge in [-0.05, 0) is 163 Å². The van der Waals surface area contributed by atoms with E-state index >= 15 is 0 Å². The number of anilines is 6. The molecule has 29 nitrogen and oxygen atoms in total. The molecule has 29 heteroatoms. The number of aromatic nitrogens is 6. The summed E-state index contributed by atoms with van der Waals surface area (Å²) in [6.45, 7) is 39.9. The van der Waals surface area contributed by atoms with Crippen LogP contribution < -0.4 is 48.3 Å². The molecule has 6 aromatic carbocycles. The van der Waals surface area contributed by atoms with Gasteiger partial charge in [-0.3, -0.25) is 14.4 Å². The van der Waals surface area contributed by atoms with Crippen LogP contribution in [0.3, 0.4) is 0 Å². The minimum atomic E-state index is -0.512. The van der Waals surface area contributed by atoms with E-state index in [0.717, 1.165) is 174 Å². The van der Waals surface area contributed by atoms with Crippen molar-refractivity contribution in [2.24, 2.45) is 0 Å². The number of hydrogen-bond donors (Lipinski definition) is 0. The molecule has 0 unspecified atom stereocenters. The average Bonchev–Trinajstić information content (AvgIpc) is 0.940. The normalized spacial score (nSPS) is 20.7. The number of carbonyl (C=O) groups excluding carboxylic acids is 3. The van der Waals surface area contributed by atoms with Crippen LogP contribution in [0.25, 0.3) is 42.0 Å². The van der Waals surface area contributed by atoms with Crippen molar-refractivity contribution in [3.05, 3.63) is 215 Å². The van der Waals surface area contributed by atoms with Gasteiger partial charge in [0.1, 0.15) is 61.1 Å². The Labute approximate surface area is 737 Å². The number of amides is 3. The van der Waals surface area contributed by atoms with Crippen molar-refractivity contribution in [1.82, 2.24) is 59.3 Å². The van der Waals surface area contributed by atoms with Crippen molar-refractivity contribution < 1.29 is 33.3 Å². The van der Waals surface area contributed by atoms with E-state index in [4.69, 9.17) is 62.0 Å². The highest BCUT2D eigenvalue weighted by atomic mass is 16.5. The zero-order valence-electron chi connectivity index (χ0n) is 72.6. The number of likely N-dealkylation sites (tertiary alicyclic amines) is 3. The summed E-state index contributed by atoms with van der Waals surface area (Å²) in [4.78, 5) is 100. The van der Waals surface area contributed by atoms with Gasteiger partial charge in [-0.25, -0.2) is 13.1 Å². The fourth-order valence-electron chi connectivity index (χ4n) is 19.6. The molecule has 650 valence electrons. The van der Waals surface area contributed by atoms with E-state index in [1.54, 1.807) is 21.8 Å². The van der Waals surface area contributed by atoms with Crippen LogP contribution >= 0.6 is 0 Å². The van der Waals surface area contributed by atoms with Gasteiger partial charge in [-0.1, -0.05) is 105 Å². The highest BCUT2D eigenvalue weighted by Crippen LogP contribution is 2.42. The Morgan fingerprint density at radius 1 is 0.460 bits per heavy atom. The summed E-state index contributed by atoms with van der Waals surface area (Å²) in [5, 5.41) is 26.6. The Morgan fingerprint density at radius 2 is 0.889 bits per heavy atom. The van der Waals surface area contributed by atoms with Crippen molar-refractivity contribution >= 4 is 84.6 Å². The van der Waals surface area contributed by atoms with Crippen LogP contribution in [0.4, 0.5) is 34.5 Å². The first kappa shape index (κ1) is 86.3. The van der Waals surface area contributed by atoms with Gasteiger partial charge in [0.05, 0.1) is 68.1 Å². The van der Waals surface area contributed by atoms with E-state index in [1.165, 1.54) is 47.5 Å². The highest BCUT2D eigenvalue weighted by molar-refractivity contribution is 6.00. The first-order valence-electron chi connectivity index (χ1n) is 44.0. The number of nitriles is 2. The molecule has 0 radical (unpaired) electrons. The molecule has 126 heavy (non-hydrogen) atoms. The van der Waals surface area contributed by atoms with E-state index in [2.05, 4.69) is 175 Å². The van der Waals surface area contributed by atoms with Crippen LogP contribution in [0.5, 0.6) is 23.8 Å². The molecule has 0 bridgehead atoms. The van der Waals surface area contributed by atoms with Gasteiger partial charge in [0, 0.05) is 140 Å². The van der Waals surface area contributed by atoms with Gasteiger partial charge in [0.2, 0.25) is 30.8 Å². The first-order valence-corrected chi connectivity index (χ1v) is 44.0. The Kier molecular flexibility index (Phi) is 27.0. The Morgan fingerprint density at radius 3 is 1.35 bits per heavy atom. The van der Waals surface area contributed by atoms with E-state index < -0.39 is 6.04 Å². The van der Waals surface area contributed by atoms with Gasteiger partial charge in [-0.2, -0.15) is 40.4 Å². The summed E-state index contributed by atoms with van der Waals surface area (Å²) in [6.07, 6.45) is 13.0.